The maximum absolute atomic E-state index is 6.00. The molecule has 0 N–H and O–H groups in total. The Morgan fingerprint density at radius 1 is 1.05 bits per heavy atom. The number of rotatable bonds is 3. The molecule has 112 valence electrons. The molecule has 0 aliphatic carbocycles. The topological polar surface area (TPSA) is 21.7 Å². The van der Waals surface area contributed by atoms with Crippen LogP contribution in [-0.2, 0) is 16.9 Å². The SMILES string of the molecule is C1=CC2(COc3ccccc32)CN(OCc2ccccc2)C1. The zero-order valence-corrected chi connectivity index (χ0v) is 12.4. The summed E-state index contributed by atoms with van der Waals surface area (Å²) >= 11 is 0. The quantitative estimate of drug-likeness (QED) is 0.810. The van der Waals surface area contributed by atoms with E-state index in [4.69, 9.17) is 9.57 Å². The fourth-order valence-corrected chi connectivity index (χ4v) is 3.22. The van der Waals surface area contributed by atoms with Crippen molar-refractivity contribution in [2.75, 3.05) is 19.7 Å². The molecule has 1 atom stereocenters. The minimum Gasteiger partial charge on any atom is -0.492 e. The van der Waals surface area contributed by atoms with E-state index in [1.165, 1.54) is 11.1 Å². The van der Waals surface area contributed by atoms with E-state index < -0.39 is 0 Å². The van der Waals surface area contributed by atoms with Gasteiger partial charge in [0.15, 0.2) is 0 Å². The molecule has 1 spiro atoms. The maximum atomic E-state index is 6.00. The molecule has 0 radical (unpaired) electrons. The van der Waals surface area contributed by atoms with Crippen LogP contribution in [0.5, 0.6) is 5.75 Å². The molecule has 2 aliphatic heterocycles. The number of fused-ring (bicyclic) bond motifs is 2. The molecule has 0 saturated carbocycles. The molecule has 1 unspecified atom stereocenters. The highest BCUT2D eigenvalue weighted by molar-refractivity contribution is 5.47. The van der Waals surface area contributed by atoms with Gasteiger partial charge in [-0.05, 0) is 11.6 Å². The summed E-state index contributed by atoms with van der Waals surface area (Å²) < 4.78 is 5.87. The second-order valence-corrected chi connectivity index (χ2v) is 5.92. The van der Waals surface area contributed by atoms with Crippen molar-refractivity contribution in [3.63, 3.8) is 0 Å². The van der Waals surface area contributed by atoms with Crippen LogP contribution < -0.4 is 4.74 Å². The summed E-state index contributed by atoms with van der Waals surface area (Å²) in [7, 11) is 0. The molecule has 0 saturated heterocycles. The first-order valence-electron chi connectivity index (χ1n) is 7.68. The minimum atomic E-state index is -0.0778. The van der Waals surface area contributed by atoms with Gasteiger partial charge in [-0.25, -0.2) is 0 Å². The highest BCUT2D eigenvalue weighted by Crippen LogP contribution is 2.41. The van der Waals surface area contributed by atoms with Gasteiger partial charge in [-0.2, -0.15) is 5.06 Å². The van der Waals surface area contributed by atoms with Crippen LogP contribution in [0.1, 0.15) is 11.1 Å². The molecule has 2 aliphatic rings. The average Bonchev–Trinajstić information content (AvgIpc) is 2.93. The van der Waals surface area contributed by atoms with Crippen molar-refractivity contribution in [1.29, 1.82) is 0 Å². The van der Waals surface area contributed by atoms with Crippen molar-refractivity contribution >= 4 is 0 Å². The Bertz CT molecular complexity index is 683. The van der Waals surface area contributed by atoms with Crippen molar-refractivity contribution in [3.8, 4) is 5.75 Å². The third-order valence-electron chi connectivity index (χ3n) is 4.37. The Morgan fingerprint density at radius 2 is 1.86 bits per heavy atom. The fourth-order valence-electron chi connectivity index (χ4n) is 3.22. The van der Waals surface area contributed by atoms with Crippen molar-refractivity contribution < 1.29 is 9.57 Å². The van der Waals surface area contributed by atoms with Crippen LogP contribution in [-0.4, -0.2) is 24.8 Å². The predicted molar refractivity (Wildman–Crippen MR) is 85.6 cm³/mol. The number of hydroxylamine groups is 2. The molecular weight excluding hydrogens is 274 g/mol. The number of para-hydroxylation sites is 1. The zero-order valence-electron chi connectivity index (χ0n) is 12.4. The lowest BCUT2D eigenvalue weighted by Gasteiger charge is -2.34. The first-order chi connectivity index (χ1) is 10.9. The van der Waals surface area contributed by atoms with Gasteiger partial charge in [-0.1, -0.05) is 60.7 Å². The average molecular weight is 293 g/mol. The van der Waals surface area contributed by atoms with E-state index in [9.17, 15) is 0 Å². The summed E-state index contributed by atoms with van der Waals surface area (Å²) in [4.78, 5) is 6.00. The Hall–Kier alpha value is -2.10. The van der Waals surface area contributed by atoms with Crippen LogP contribution in [0.2, 0.25) is 0 Å². The molecule has 0 aromatic heterocycles. The summed E-state index contributed by atoms with van der Waals surface area (Å²) in [5.74, 6) is 0.997. The van der Waals surface area contributed by atoms with Gasteiger partial charge >= 0.3 is 0 Å². The second kappa shape index (κ2) is 5.59. The molecular formula is C19H19NO2. The normalized spacial score (nSPS) is 23.5. The van der Waals surface area contributed by atoms with E-state index in [0.29, 0.717) is 13.2 Å². The lowest BCUT2D eigenvalue weighted by Crippen LogP contribution is -2.44. The summed E-state index contributed by atoms with van der Waals surface area (Å²) in [6, 6.07) is 18.6. The Labute approximate surface area is 130 Å². The van der Waals surface area contributed by atoms with E-state index in [2.05, 4.69) is 36.4 Å². The van der Waals surface area contributed by atoms with Crippen LogP contribution in [0.15, 0.2) is 66.7 Å². The molecule has 3 nitrogen and oxygen atoms in total. The highest BCUT2D eigenvalue weighted by atomic mass is 16.7. The third kappa shape index (κ3) is 2.43. The fraction of sp³-hybridized carbons (Fsp3) is 0.263. The lowest BCUT2D eigenvalue weighted by molar-refractivity contribution is -0.173. The smallest absolute Gasteiger partial charge is 0.123 e. The van der Waals surface area contributed by atoms with Gasteiger partial charge in [0.25, 0.3) is 0 Å². The second-order valence-electron chi connectivity index (χ2n) is 5.92. The summed E-state index contributed by atoms with van der Waals surface area (Å²) in [6.45, 7) is 2.94. The van der Waals surface area contributed by atoms with Gasteiger partial charge in [-0.3, -0.25) is 4.84 Å². The zero-order chi connectivity index (χ0) is 14.8. The van der Waals surface area contributed by atoms with Crippen molar-refractivity contribution in [3.05, 3.63) is 77.9 Å². The summed E-state index contributed by atoms with van der Waals surface area (Å²) in [5.41, 5.74) is 2.37. The largest absolute Gasteiger partial charge is 0.492 e. The van der Waals surface area contributed by atoms with Crippen LogP contribution in [0.25, 0.3) is 0 Å². The molecule has 2 aromatic carbocycles. The van der Waals surface area contributed by atoms with Gasteiger partial charge in [-0.15, -0.1) is 0 Å². The van der Waals surface area contributed by atoms with Gasteiger partial charge in [0.1, 0.15) is 12.4 Å². The lowest BCUT2D eigenvalue weighted by atomic mass is 9.80. The van der Waals surface area contributed by atoms with Crippen LogP contribution in [0, 0.1) is 0 Å². The standard InChI is InChI=1S/C19H19NO2/c1-2-7-16(8-3-1)13-22-20-12-6-11-19(14-20)15-21-18-10-5-4-9-17(18)19/h1-11H,12-15H2. The Balaban J connectivity index is 1.49. The van der Waals surface area contributed by atoms with E-state index >= 15 is 0 Å². The third-order valence-corrected chi connectivity index (χ3v) is 4.37. The molecule has 4 rings (SSSR count). The summed E-state index contributed by atoms with van der Waals surface area (Å²) in [5, 5.41) is 2.04. The Morgan fingerprint density at radius 3 is 2.77 bits per heavy atom. The number of benzene rings is 2. The highest BCUT2D eigenvalue weighted by Gasteiger charge is 2.41. The number of hydrogen-bond donors (Lipinski definition) is 0. The number of nitrogens with zero attached hydrogens (tertiary/aromatic N) is 1. The molecule has 2 heterocycles. The predicted octanol–water partition coefficient (Wildman–Crippen LogP) is 3.32. The maximum Gasteiger partial charge on any atom is 0.123 e. The molecule has 0 fully saturated rings. The van der Waals surface area contributed by atoms with Gasteiger partial charge in [0.2, 0.25) is 0 Å². The number of ether oxygens (including phenoxy) is 1. The van der Waals surface area contributed by atoms with Gasteiger partial charge < -0.3 is 4.74 Å². The molecule has 0 bridgehead atoms. The first-order valence-corrected chi connectivity index (χ1v) is 7.68. The van der Waals surface area contributed by atoms with E-state index in [1.54, 1.807) is 0 Å². The molecule has 2 aromatic rings. The summed E-state index contributed by atoms with van der Waals surface area (Å²) in [6.07, 6.45) is 4.46. The number of hydrogen-bond acceptors (Lipinski definition) is 3. The van der Waals surface area contributed by atoms with Crippen LogP contribution in [0.4, 0.5) is 0 Å². The van der Waals surface area contributed by atoms with E-state index in [1.807, 2.05) is 35.4 Å². The Kier molecular flexibility index (Phi) is 3.45. The van der Waals surface area contributed by atoms with Crippen molar-refractivity contribution in [2.45, 2.75) is 12.0 Å². The van der Waals surface area contributed by atoms with E-state index in [0.717, 1.165) is 18.8 Å². The minimum absolute atomic E-state index is 0.0778. The van der Waals surface area contributed by atoms with Crippen LogP contribution in [0.3, 0.4) is 0 Å². The van der Waals surface area contributed by atoms with Gasteiger partial charge in [0.05, 0.1) is 12.0 Å². The van der Waals surface area contributed by atoms with Crippen LogP contribution >= 0.6 is 0 Å². The van der Waals surface area contributed by atoms with Crippen molar-refractivity contribution in [1.82, 2.24) is 5.06 Å². The monoisotopic (exact) mass is 293 g/mol. The molecule has 3 heteroatoms. The molecule has 0 amide bonds. The molecule has 22 heavy (non-hydrogen) atoms. The van der Waals surface area contributed by atoms with E-state index in [-0.39, 0.29) is 5.41 Å². The van der Waals surface area contributed by atoms with Crippen molar-refractivity contribution in [2.24, 2.45) is 0 Å². The first kappa shape index (κ1) is 13.6. The van der Waals surface area contributed by atoms with Gasteiger partial charge in [0, 0.05) is 18.7 Å².